The minimum absolute atomic E-state index is 0.0427. The number of alkyl carbamates (subject to hydrolysis) is 1. The van der Waals surface area contributed by atoms with Gasteiger partial charge in [0.15, 0.2) is 0 Å². The molecule has 8 nitrogen and oxygen atoms in total. The predicted octanol–water partition coefficient (Wildman–Crippen LogP) is 5.38. The van der Waals surface area contributed by atoms with Gasteiger partial charge in [0, 0.05) is 6.54 Å². The Hall–Kier alpha value is -2.26. The first kappa shape index (κ1) is 28.3. The van der Waals surface area contributed by atoms with Gasteiger partial charge in [-0.2, -0.15) is 0 Å². The predicted molar refractivity (Wildman–Crippen MR) is 149 cm³/mol. The summed E-state index contributed by atoms with van der Waals surface area (Å²) in [6, 6.07) is 10.1. The van der Waals surface area contributed by atoms with Gasteiger partial charge >= 0.3 is 19.3 Å². The van der Waals surface area contributed by atoms with Gasteiger partial charge in [-0.05, 0) is 82.1 Å². The van der Waals surface area contributed by atoms with Crippen molar-refractivity contribution in [2.75, 3.05) is 13.1 Å². The minimum atomic E-state index is -0.572. The minimum Gasteiger partial charge on any atom is -0.444 e. The second kappa shape index (κ2) is 10.6. The van der Waals surface area contributed by atoms with Crippen molar-refractivity contribution in [2.24, 2.45) is 17.3 Å². The van der Waals surface area contributed by atoms with Crippen LogP contribution in [-0.4, -0.2) is 66.6 Å². The molecule has 2 aliphatic heterocycles. The van der Waals surface area contributed by atoms with E-state index in [-0.39, 0.29) is 23.2 Å². The summed E-state index contributed by atoms with van der Waals surface area (Å²) in [5, 5.41) is 3.09. The molecular weight excluding hydrogens is 495 g/mol. The monoisotopic (exact) mass is 540 g/mol. The van der Waals surface area contributed by atoms with E-state index >= 15 is 0 Å². The van der Waals surface area contributed by atoms with Crippen LogP contribution in [0.4, 0.5) is 9.59 Å². The molecule has 2 amide bonds. The Morgan fingerprint density at radius 2 is 1.95 bits per heavy atom. The van der Waals surface area contributed by atoms with Gasteiger partial charge < -0.3 is 29.0 Å². The normalized spacial score (nSPS) is 32.1. The summed E-state index contributed by atoms with van der Waals surface area (Å²) < 4.78 is 24.8. The number of carbonyl (C=O) groups excluding carboxylic acids is 2. The first-order valence-corrected chi connectivity index (χ1v) is 14.7. The molecule has 2 heterocycles. The third-order valence-corrected chi connectivity index (χ3v) is 9.52. The zero-order valence-corrected chi connectivity index (χ0v) is 24.4. The number of piperidine rings is 1. The molecule has 0 unspecified atom stereocenters. The maximum absolute atomic E-state index is 13.2. The Labute approximate surface area is 233 Å². The van der Waals surface area contributed by atoms with Crippen molar-refractivity contribution in [3.8, 4) is 0 Å². The molecule has 0 aromatic heterocycles. The largest absolute Gasteiger partial charge is 0.482 e. The number of ether oxygens (including phenoxy) is 2. The standard InChI is InChI=1S/C30H45BN2O6/c1-7-30-23-17-21(29(23,5)6)18-24(30)38-31(39-30)25(16-20-12-9-8-10-13-20)32-26(34)36-22-14-11-15-33(19-22)27(35)37-28(2,3)4/h8-10,12-13,21-25H,7,11,14-19H2,1-6H3,(H,32,34)/t21-,22+,23-,24+,25-,30-/m0/s1. The number of hydrogen-bond donors (Lipinski definition) is 1. The SMILES string of the molecule is CC[C@@]12OB([C@H](Cc3ccccc3)NC(=O)O[C@@H]3CCCN(C(=O)OC(C)(C)C)C3)O[C@@H]1C[C@@H]1C[C@H]2C1(C)C. The fraction of sp³-hybridized carbons (Fsp3) is 0.733. The molecule has 5 fully saturated rings. The third kappa shape index (κ3) is 5.67. The van der Waals surface area contributed by atoms with E-state index in [1.807, 2.05) is 39.0 Å². The molecule has 3 saturated carbocycles. The van der Waals surface area contributed by atoms with E-state index in [1.54, 1.807) is 4.90 Å². The van der Waals surface area contributed by atoms with E-state index in [4.69, 9.17) is 18.8 Å². The van der Waals surface area contributed by atoms with Gasteiger partial charge in [-0.15, -0.1) is 0 Å². The lowest BCUT2D eigenvalue weighted by molar-refractivity contribution is -0.208. The number of hydrogen-bond acceptors (Lipinski definition) is 6. The van der Waals surface area contributed by atoms with Gasteiger partial charge in [0.25, 0.3) is 0 Å². The number of carbonyl (C=O) groups is 2. The lowest BCUT2D eigenvalue weighted by Crippen LogP contribution is -2.66. The Balaban J connectivity index is 1.26. The third-order valence-electron chi connectivity index (χ3n) is 9.52. The first-order valence-electron chi connectivity index (χ1n) is 14.7. The summed E-state index contributed by atoms with van der Waals surface area (Å²) in [5.41, 5.74) is 0.443. The van der Waals surface area contributed by atoms with Gasteiger partial charge in [-0.3, -0.25) is 0 Å². The highest BCUT2D eigenvalue weighted by molar-refractivity contribution is 6.48. The maximum atomic E-state index is 13.2. The highest BCUT2D eigenvalue weighted by Gasteiger charge is 2.69. The van der Waals surface area contributed by atoms with Crippen LogP contribution < -0.4 is 5.32 Å². The van der Waals surface area contributed by atoms with Crippen molar-refractivity contribution in [3.63, 3.8) is 0 Å². The van der Waals surface area contributed by atoms with Gasteiger partial charge in [0.05, 0.1) is 24.2 Å². The summed E-state index contributed by atoms with van der Waals surface area (Å²) >= 11 is 0. The van der Waals surface area contributed by atoms with E-state index in [9.17, 15) is 9.59 Å². The number of benzene rings is 1. The quantitative estimate of drug-likeness (QED) is 0.488. The van der Waals surface area contributed by atoms with E-state index in [0.29, 0.717) is 37.8 Å². The van der Waals surface area contributed by atoms with E-state index in [2.05, 4.69) is 38.2 Å². The molecule has 1 aromatic carbocycles. The molecule has 1 aromatic rings. The zero-order chi connectivity index (χ0) is 28.0. The van der Waals surface area contributed by atoms with Gasteiger partial charge in [-0.25, -0.2) is 9.59 Å². The number of nitrogens with one attached hydrogen (secondary N) is 1. The van der Waals surface area contributed by atoms with Crippen molar-refractivity contribution in [3.05, 3.63) is 35.9 Å². The summed E-state index contributed by atoms with van der Waals surface area (Å²) in [7, 11) is -0.553. The molecule has 39 heavy (non-hydrogen) atoms. The molecular formula is C30H45BN2O6. The van der Waals surface area contributed by atoms with Crippen LogP contribution in [0.1, 0.15) is 79.2 Å². The van der Waals surface area contributed by atoms with Crippen LogP contribution >= 0.6 is 0 Å². The second-order valence-electron chi connectivity index (χ2n) is 13.5. The summed E-state index contributed by atoms with van der Waals surface area (Å²) in [4.78, 5) is 27.4. The molecule has 6 rings (SSSR count). The van der Waals surface area contributed by atoms with Gasteiger partial charge in [-0.1, -0.05) is 51.1 Å². The summed E-state index contributed by atoms with van der Waals surface area (Å²) in [6.45, 7) is 13.4. The highest BCUT2D eigenvalue weighted by Crippen LogP contribution is 2.66. The number of rotatable bonds is 6. The molecule has 1 N–H and O–H groups in total. The smallest absolute Gasteiger partial charge is 0.444 e. The molecule has 2 saturated heterocycles. The van der Waals surface area contributed by atoms with Crippen LogP contribution in [0.2, 0.25) is 0 Å². The van der Waals surface area contributed by atoms with Crippen molar-refractivity contribution in [2.45, 2.75) is 109 Å². The van der Waals surface area contributed by atoms with E-state index in [0.717, 1.165) is 24.8 Å². The summed E-state index contributed by atoms with van der Waals surface area (Å²) in [5.74, 6) is 0.702. The van der Waals surface area contributed by atoms with Gasteiger partial charge in [0.1, 0.15) is 11.7 Å². The second-order valence-corrected chi connectivity index (χ2v) is 13.5. The molecule has 0 spiro atoms. The van der Waals surface area contributed by atoms with Crippen molar-refractivity contribution in [1.29, 1.82) is 0 Å². The topological polar surface area (TPSA) is 86.3 Å². The lowest BCUT2D eigenvalue weighted by Gasteiger charge is -2.65. The molecule has 214 valence electrons. The number of likely N-dealkylation sites (tertiary alicyclic amines) is 1. The molecule has 6 atom stereocenters. The Morgan fingerprint density at radius 1 is 1.21 bits per heavy atom. The van der Waals surface area contributed by atoms with E-state index < -0.39 is 30.9 Å². The van der Waals surface area contributed by atoms with Crippen LogP contribution in [0.25, 0.3) is 0 Å². The molecule has 9 heteroatoms. The van der Waals surface area contributed by atoms with Crippen molar-refractivity contribution >= 4 is 19.3 Å². The van der Waals surface area contributed by atoms with E-state index in [1.165, 1.54) is 6.42 Å². The van der Waals surface area contributed by atoms with Crippen LogP contribution in [0.15, 0.2) is 30.3 Å². The van der Waals surface area contributed by atoms with Crippen LogP contribution in [0.3, 0.4) is 0 Å². The molecule has 5 aliphatic rings. The Bertz CT molecular complexity index is 1050. The fourth-order valence-corrected chi connectivity index (χ4v) is 7.34. The molecule has 2 bridgehead atoms. The zero-order valence-electron chi connectivity index (χ0n) is 24.4. The Kier molecular flexibility index (Phi) is 7.70. The van der Waals surface area contributed by atoms with Gasteiger partial charge in [0.2, 0.25) is 0 Å². The van der Waals surface area contributed by atoms with Crippen LogP contribution in [0.5, 0.6) is 0 Å². The number of nitrogens with zero attached hydrogens (tertiary/aromatic N) is 1. The highest BCUT2D eigenvalue weighted by atomic mass is 16.7. The molecule has 0 radical (unpaired) electrons. The first-order chi connectivity index (χ1) is 18.4. The average Bonchev–Trinajstić information content (AvgIpc) is 3.28. The number of amides is 2. The average molecular weight is 541 g/mol. The van der Waals surface area contributed by atoms with Crippen molar-refractivity contribution < 1.29 is 28.4 Å². The van der Waals surface area contributed by atoms with Crippen LogP contribution in [-0.2, 0) is 25.2 Å². The maximum Gasteiger partial charge on any atom is 0.482 e. The van der Waals surface area contributed by atoms with Crippen LogP contribution in [0, 0.1) is 17.3 Å². The lowest BCUT2D eigenvalue weighted by atomic mass is 9.43. The molecule has 3 aliphatic carbocycles. The Morgan fingerprint density at radius 3 is 2.62 bits per heavy atom. The van der Waals surface area contributed by atoms with Crippen molar-refractivity contribution in [1.82, 2.24) is 10.2 Å². The fourth-order valence-electron chi connectivity index (χ4n) is 7.34. The summed E-state index contributed by atoms with van der Waals surface area (Å²) in [6.07, 6.45) is 3.85.